The fourth-order valence-electron chi connectivity index (χ4n) is 2.18. The van der Waals surface area contributed by atoms with Crippen LogP contribution in [0.15, 0.2) is 41.8 Å². The summed E-state index contributed by atoms with van der Waals surface area (Å²) in [6, 6.07) is 11.9. The van der Waals surface area contributed by atoms with E-state index in [0.717, 1.165) is 17.9 Å². The summed E-state index contributed by atoms with van der Waals surface area (Å²) in [4.78, 5) is 3.40. The maximum absolute atomic E-state index is 10.0. The van der Waals surface area contributed by atoms with Gasteiger partial charge in [-0.15, -0.1) is 11.3 Å². The van der Waals surface area contributed by atoms with Gasteiger partial charge >= 0.3 is 0 Å². The van der Waals surface area contributed by atoms with Crippen LogP contribution in [0, 0.1) is 0 Å². The Labute approximate surface area is 135 Å². The van der Waals surface area contributed by atoms with E-state index < -0.39 is 6.10 Å². The zero-order valence-electron chi connectivity index (χ0n) is 13.1. The SMILES string of the molecule is COc1ccc(COC[C@@H](O)CN(C)Cc2cccs2)cc1. The third-order valence-corrected chi connectivity index (χ3v) is 4.13. The highest BCUT2D eigenvalue weighted by Gasteiger charge is 2.09. The maximum atomic E-state index is 10.0. The number of ether oxygens (including phenoxy) is 2. The molecule has 0 fully saturated rings. The van der Waals surface area contributed by atoms with Crippen LogP contribution in [-0.4, -0.2) is 43.4 Å². The molecule has 0 radical (unpaired) electrons. The molecule has 1 aromatic heterocycles. The Bertz CT molecular complexity index is 527. The molecule has 1 heterocycles. The number of aliphatic hydroxyl groups is 1. The highest BCUT2D eigenvalue weighted by atomic mass is 32.1. The van der Waals surface area contributed by atoms with Gasteiger partial charge in [0.15, 0.2) is 0 Å². The first-order valence-corrected chi connectivity index (χ1v) is 8.15. The molecule has 2 rings (SSSR count). The van der Waals surface area contributed by atoms with Crippen molar-refractivity contribution in [1.82, 2.24) is 4.90 Å². The second-order valence-corrected chi connectivity index (χ2v) is 6.33. The van der Waals surface area contributed by atoms with Crippen LogP contribution in [0.5, 0.6) is 5.75 Å². The minimum absolute atomic E-state index is 0.334. The first kappa shape index (κ1) is 17.0. The maximum Gasteiger partial charge on any atom is 0.118 e. The van der Waals surface area contributed by atoms with Crippen LogP contribution in [0.25, 0.3) is 0 Å². The topological polar surface area (TPSA) is 41.9 Å². The summed E-state index contributed by atoms with van der Waals surface area (Å²) in [5.74, 6) is 0.832. The molecular weight excluding hydrogens is 298 g/mol. The second-order valence-electron chi connectivity index (χ2n) is 5.29. The van der Waals surface area contributed by atoms with Crippen molar-refractivity contribution in [3.8, 4) is 5.75 Å². The van der Waals surface area contributed by atoms with Gasteiger partial charge < -0.3 is 14.6 Å². The highest BCUT2D eigenvalue weighted by molar-refractivity contribution is 7.09. The lowest BCUT2D eigenvalue weighted by atomic mass is 10.2. The van der Waals surface area contributed by atoms with Crippen LogP contribution in [0.2, 0.25) is 0 Å². The Morgan fingerprint density at radius 1 is 1.23 bits per heavy atom. The van der Waals surface area contributed by atoms with Gasteiger partial charge in [0.05, 0.1) is 26.4 Å². The minimum atomic E-state index is -0.483. The summed E-state index contributed by atoms with van der Waals surface area (Å²) in [7, 11) is 3.65. The van der Waals surface area contributed by atoms with E-state index in [2.05, 4.69) is 16.3 Å². The molecule has 0 saturated heterocycles. The lowest BCUT2D eigenvalue weighted by Gasteiger charge is -2.20. The molecule has 22 heavy (non-hydrogen) atoms. The first-order valence-electron chi connectivity index (χ1n) is 7.27. The first-order chi connectivity index (χ1) is 10.7. The van der Waals surface area contributed by atoms with Gasteiger partial charge in [-0.3, -0.25) is 4.90 Å². The summed E-state index contributed by atoms with van der Waals surface area (Å²) < 4.78 is 10.7. The van der Waals surface area contributed by atoms with Crippen LogP contribution >= 0.6 is 11.3 Å². The number of nitrogens with zero attached hydrogens (tertiary/aromatic N) is 1. The van der Waals surface area contributed by atoms with E-state index in [1.54, 1.807) is 18.4 Å². The third-order valence-electron chi connectivity index (χ3n) is 3.27. The van der Waals surface area contributed by atoms with Crippen molar-refractivity contribution in [3.63, 3.8) is 0 Å². The van der Waals surface area contributed by atoms with Crippen LogP contribution in [0.1, 0.15) is 10.4 Å². The Morgan fingerprint density at radius 3 is 2.64 bits per heavy atom. The van der Waals surface area contributed by atoms with Crippen molar-refractivity contribution >= 4 is 11.3 Å². The highest BCUT2D eigenvalue weighted by Crippen LogP contribution is 2.13. The number of hydrogen-bond acceptors (Lipinski definition) is 5. The molecule has 2 aromatic rings. The molecule has 5 heteroatoms. The van der Waals surface area contributed by atoms with E-state index in [9.17, 15) is 5.11 Å². The third kappa shape index (κ3) is 5.77. The number of methoxy groups -OCH3 is 1. The predicted octanol–water partition coefficient (Wildman–Crippen LogP) is 2.77. The average Bonchev–Trinajstić information content (AvgIpc) is 3.00. The predicted molar refractivity (Wildman–Crippen MR) is 89.3 cm³/mol. The van der Waals surface area contributed by atoms with E-state index in [1.807, 2.05) is 37.4 Å². The van der Waals surface area contributed by atoms with Crippen molar-refractivity contribution in [2.45, 2.75) is 19.3 Å². The van der Waals surface area contributed by atoms with Crippen molar-refractivity contribution in [3.05, 3.63) is 52.2 Å². The fourth-order valence-corrected chi connectivity index (χ4v) is 2.96. The normalized spacial score (nSPS) is 12.5. The number of hydrogen-bond donors (Lipinski definition) is 1. The zero-order valence-corrected chi connectivity index (χ0v) is 13.9. The number of likely N-dealkylation sites (N-methyl/N-ethyl adjacent to an activating group) is 1. The number of benzene rings is 1. The van der Waals surface area contributed by atoms with Crippen LogP contribution < -0.4 is 4.74 Å². The fraction of sp³-hybridized carbons (Fsp3) is 0.412. The van der Waals surface area contributed by atoms with Crippen molar-refractivity contribution in [2.24, 2.45) is 0 Å². The number of aliphatic hydroxyl groups excluding tert-OH is 1. The molecule has 4 nitrogen and oxygen atoms in total. The quantitative estimate of drug-likeness (QED) is 0.771. The number of rotatable bonds is 9. The smallest absolute Gasteiger partial charge is 0.118 e. The number of thiophene rings is 1. The Hall–Kier alpha value is -1.40. The van der Waals surface area contributed by atoms with Crippen LogP contribution in [-0.2, 0) is 17.9 Å². The van der Waals surface area contributed by atoms with Crippen LogP contribution in [0.3, 0.4) is 0 Å². The minimum Gasteiger partial charge on any atom is -0.497 e. The van der Waals surface area contributed by atoms with Gasteiger partial charge in [0.25, 0.3) is 0 Å². The lowest BCUT2D eigenvalue weighted by Crippen LogP contribution is -2.31. The summed E-state index contributed by atoms with van der Waals surface area (Å²) in [6.07, 6.45) is -0.483. The zero-order chi connectivity index (χ0) is 15.8. The van der Waals surface area contributed by atoms with E-state index >= 15 is 0 Å². The van der Waals surface area contributed by atoms with Gasteiger partial charge in [-0.2, -0.15) is 0 Å². The van der Waals surface area contributed by atoms with Crippen molar-refractivity contribution in [1.29, 1.82) is 0 Å². The summed E-state index contributed by atoms with van der Waals surface area (Å²) >= 11 is 1.73. The van der Waals surface area contributed by atoms with E-state index in [-0.39, 0.29) is 0 Å². The molecule has 0 aliphatic rings. The van der Waals surface area contributed by atoms with Gasteiger partial charge in [0.2, 0.25) is 0 Å². The molecule has 0 aliphatic heterocycles. The Morgan fingerprint density at radius 2 is 2.00 bits per heavy atom. The molecule has 0 aliphatic carbocycles. The van der Waals surface area contributed by atoms with Gasteiger partial charge in [-0.05, 0) is 36.2 Å². The summed E-state index contributed by atoms with van der Waals surface area (Å²) in [6.45, 7) is 2.28. The van der Waals surface area contributed by atoms with Gasteiger partial charge in [0.1, 0.15) is 5.75 Å². The molecule has 0 unspecified atom stereocenters. The molecular formula is C17H23NO3S. The van der Waals surface area contributed by atoms with Gasteiger partial charge in [0, 0.05) is 18.0 Å². The molecule has 0 amide bonds. The van der Waals surface area contributed by atoms with E-state index in [4.69, 9.17) is 9.47 Å². The molecule has 120 valence electrons. The molecule has 1 N–H and O–H groups in total. The Kier molecular flexibility index (Phi) is 6.86. The van der Waals surface area contributed by atoms with Gasteiger partial charge in [-0.25, -0.2) is 0 Å². The Balaban J connectivity index is 1.65. The van der Waals surface area contributed by atoms with E-state index in [1.165, 1.54) is 4.88 Å². The largest absolute Gasteiger partial charge is 0.497 e. The lowest BCUT2D eigenvalue weighted by molar-refractivity contribution is 0.0128. The van der Waals surface area contributed by atoms with Gasteiger partial charge in [-0.1, -0.05) is 18.2 Å². The standard InChI is InChI=1S/C17H23NO3S/c1-18(11-17-4-3-9-22-17)10-15(19)13-21-12-14-5-7-16(20-2)8-6-14/h3-9,15,19H,10-13H2,1-2H3/t15-/m0/s1. The monoisotopic (exact) mass is 321 g/mol. The molecule has 0 bridgehead atoms. The second kappa shape index (κ2) is 8.90. The molecule has 1 aromatic carbocycles. The molecule has 0 saturated carbocycles. The van der Waals surface area contributed by atoms with E-state index in [0.29, 0.717) is 19.8 Å². The average molecular weight is 321 g/mol. The summed E-state index contributed by atoms with van der Waals surface area (Å²) in [5.41, 5.74) is 1.07. The molecule has 1 atom stereocenters. The van der Waals surface area contributed by atoms with Crippen LogP contribution in [0.4, 0.5) is 0 Å². The summed E-state index contributed by atoms with van der Waals surface area (Å²) in [5, 5.41) is 12.1. The van der Waals surface area contributed by atoms with Crippen molar-refractivity contribution < 1.29 is 14.6 Å². The van der Waals surface area contributed by atoms with Crippen molar-refractivity contribution in [2.75, 3.05) is 27.3 Å². The molecule has 0 spiro atoms.